The van der Waals surface area contributed by atoms with Crippen LogP contribution in [0.5, 0.6) is 5.75 Å². The Kier molecular flexibility index (Phi) is 4.87. The fourth-order valence-electron chi connectivity index (χ4n) is 4.56. The lowest BCUT2D eigenvalue weighted by Gasteiger charge is -2.36. The van der Waals surface area contributed by atoms with Crippen molar-refractivity contribution in [3.05, 3.63) is 88.7 Å². The Morgan fingerprint density at radius 2 is 1.71 bits per heavy atom. The quantitative estimate of drug-likeness (QED) is 0.582. The Hall–Kier alpha value is -2.23. The van der Waals surface area contributed by atoms with Crippen molar-refractivity contribution in [3.63, 3.8) is 0 Å². The van der Waals surface area contributed by atoms with Crippen LogP contribution in [-0.2, 0) is 13.1 Å². The highest BCUT2D eigenvalue weighted by Gasteiger charge is 2.33. The van der Waals surface area contributed by atoms with E-state index in [-0.39, 0.29) is 6.10 Å². The zero-order valence-electron chi connectivity index (χ0n) is 15.9. The van der Waals surface area contributed by atoms with Gasteiger partial charge in [0.15, 0.2) is 0 Å². The number of halogens is 1. The Bertz CT molecular complexity index is 941. The van der Waals surface area contributed by atoms with Crippen LogP contribution in [0.15, 0.2) is 66.9 Å². The normalized spacial score (nSPS) is 20.1. The summed E-state index contributed by atoms with van der Waals surface area (Å²) in [5.74, 6) is 1.58. The number of likely N-dealkylation sites (tertiary alicyclic amines) is 1. The number of nitrogens with zero attached hydrogens (tertiary/aromatic N) is 2. The molecule has 1 aromatic heterocycles. The highest BCUT2D eigenvalue weighted by atomic mass is 35.5. The monoisotopic (exact) mass is 392 g/mol. The van der Waals surface area contributed by atoms with E-state index in [0.29, 0.717) is 5.92 Å². The summed E-state index contributed by atoms with van der Waals surface area (Å²) >= 11 is 6.01. The van der Waals surface area contributed by atoms with Gasteiger partial charge in [-0.2, -0.15) is 0 Å². The molecule has 0 aliphatic carbocycles. The molecule has 3 nitrogen and oxygen atoms in total. The number of benzene rings is 2. The van der Waals surface area contributed by atoms with Crippen molar-refractivity contribution in [3.8, 4) is 5.75 Å². The zero-order valence-corrected chi connectivity index (χ0v) is 16.7. The molecule has 1 saturated heterocycles. The number of hydrogen-bond acceptors (Lipinski definition) is 2. The van der Waals surface area contributed by atoms with Gasteiger partial charge in [-0.1, -0.05) is 41.9 Å². The molecule has 1 atom stereocenters. The summed E-state index contributed by atoms with van der Waals surface area (Å²) in [5.41, 5.74) is 3.91. The zero-order chi connectivity index (χ0) is 18.9. The van der Waals surface area contributed by atoms with Crippen LogP contribution in [0.3, 0.4) is 0 Å². The molecule has 144 valence electrons. The molecule has 0 bridgehead atoms. The van der Waals surface area contributed by atoms with Gasteiger partial charge in [0.2, 0.25) is 0 Å². The molecule has 1 unspecified atom stereocenters. The van der Waals surface area contributed by atoms with Gasteiger partial charge in [0.1, 0.15) is 11.9 Å². The van der Waals surface area contributed by atoms with Crippen LogP contribution < -0.4 is 4.74 Å². The maximum absolute atomic E-state index is 6.59. The van der Waals surface area contributed by atoms with E-state index in [2.05, 4.69) is 64.2 Å². The molecule has 0 radical (unpaired) electrons. The largest absolute Gasteiger partial charge is 0.484 e. The van der Waals surface area contributed by atoms with Gasteiger partial charge in [0, 0.05) is 29.2 Å². The second-order valence-corrected chi connectivity index (χ2v) is 8.38. The van der Waals surface area contributed by atoms with Gasteiger partial charge in [0.05, 0.1) is 12.2 Å². The van der Waals surface area contributed by atoms with Gasteiger partial charge in [0.25, 0.3) is 0 Å². The molecule has 28 heavy (non-hydrogen) atoms. The topological polar surface area (TPSA) is 17.4 Å². The van der Waals surface area contributed by atoms with E-state index in [1.54, 1.807) is 0 Å². The number of hydrogen-bond donors (Lipinski definition) is 0. The highest BCUT2D eigenvalue weighted by Crippen LogP contribution is 2.39. The Balaban J connectivity index is 1.30. The minimum atomic E-state index is 0.135. The first-order chi connectivity index (χ1) is 13.8. The average Bonchev–Trinajstić information content (AvgIpc) is 3.11. The minimum Gasteiger partial charge on any atom is -0.484 e. The van der Waals surface area contributed by atoms with E-state index in [1.165, 1.54) is 16.8 Å². The number of fused-ring (bicyclic) bond motifs is 2. The summed E-state index contributed by atoms with van der Waals surface area (Å²) in [4.78, 5) is 2.55. The van der Waals surface area contributed by atoms with Crippen molar-refractivity contribution in [1.29, 1.82) is 0 Å². The number of rotatable bonds is 3. The molecule has 3 aromatic rings. The molecule has 0 saturated carbocycles. The summed E-state index contributed by atoms with van der Waals surface area (Å²) in [6.45, 7) is 4.10. The summed E-state index contributed by atoms with van der Waals surface area (Å²) in [7, 11) is 0. The Morgan fingerprint density at radius 3 is 2.54 bits per heavy atom. The van der Waals surface area contributed by atoms with Crippen LogP contribution in [0.4, 0.5) is 0 Å². The molecule has 0 N–H and O–H groups in total. The molecule has 5 rings (SSSR count). The average molecular weight is 393 g/mol. The standard InChI is InChI=1S/C24H25ClN2O/c25-21-9-7-18(8-10-21)16-26-14-11-19(12-15-26)24-22-5-3-13-27(22)17-20-4-1-2-6-23(20)28-24/h1-10,13,19,24H,11-12,14-17H2. The van der Waals surface area contributed by atoms with E-state index in [9.17, 15) is 0 Å². The number of ether oxygens (including phenoxy) is 1. The molecule has 3 heterocycles. The van der Waals surface area contributed by atoms with Crippen LogP contribution in [0.1, 0.15) is 35.8 Å². The fourth-order valence-corrected chi connectivity index (χ4v) is 4.69. The highest BCUT2D eigenvalue weighted by molar-refractivity contribution is 6.30. The second-order valence-electron chi connectivity index (χ2n) is 7.95. The van der Waals surface area contributed by atoms with Crippen molar-refractivity contribution >= 4 is 11.6 Å². The summed E-state index contributed by atoms with van der Waals surface area (Å²) in [6.07, 6.45) is 4.64. The maximum atomic E-state index is 6.59. The third-order valence-electron chi connectivity index (χ3n) is 6.10. The molecular weight excluding hydrogens is 368 g/mol. The van der Waals surface area contributed by atoms with Gasteiger partial charge in [-0.05, 0) is 61.8 Å². The first kappa shape index (κ1) is 17.8. The first-order valence-corrected chi connectivity index (χ1v) is 10.5. The van der Waals surface area contributed by atoms with Gasteiger partial charge in [-0.25, -0.2) is 0 Å². The van der Waals surface area contributed by atoms with Gasteiger partial charge >= 0.3 is 0 Å². The molecule has 2 aliphatic rings. The van der Waals surface area contributed by atoms with E-state index < -0.39 is 0 Å². The second kappa shape index (κ2) is 7.65. The number of piperidine rings is 1. The molecular formula is C24H25ClN2O. The molecule has 0 spiro atoms. The lowest BCUT2D eigenvalue weighted by Crippen LogP contribution is -2.36. The van der Waals surface area contributed by atoms with E-state index in [0.717, 1.165) is 49.8 Å². The third kappa shape index (κ3) is 3.57. The molecule has 0 amide bonds. The predicted molar refractivity (Wildman–Crippen MR) is 113 cm³/mol. The maximum Gasteiger partial charge on any atom is 0.141 e. The van der Waals surface area contributed by atoms with E-state index in [1.807, 2.05) is 12.1 Å². The van der Waals surface area contributed by atoms with Crippen LogP contribution in [-0.4, -0.2) is 22.6 Å². The summed E-state index contributed by atoms with van der Waals surface area (Å²) < 4.78 is 8.95. The molecule has 2 aliphatic heterocycles. The van der Waals surface area contributed by atoms with Gasteiger partial charge < -0.3 is 9.30 Å². The Labute approximate surface area is 171 Å². The minimum absolute atomic E-state index is 0.135. The van der Waals surface area contributed by atoms with E-state index >= 15 is 0 Å². The predicted octanol–water partition coefficient (Wildman–Crippen LogP) is 5.54. The van der Waals surface area contributed by atoms with Crippen molar-refractivity contribution in [2.24, 2.45) is 5.92 Å². The van der Waals surface area contributed by atoms with Crippen LogP contribution in [0.25, 0.3) is 0 Å². The number of para-hydroxylation sites is 1. The van der Waals surface area contributed by atoms with Crippen molar-refractivity contribution in [1.82, 2.24) is 9.47 Å². The summed E-state index contributed by atoms with van der Waals surface area (Å²) in [6, 6.07) is 21.1. The van der Waals surface area contributed by atoms with Crippen molar-refractivity contribution < 1.29 is 4.74 Å². The first-order valence-electron chi connectivity index (χ1n) is 10.1. The lowest BCUT2D eigenvalue weighted by molar-refractivity contribution is 0.0716. The molecule has 2 aromatic carbocycles. The van der Waals surface area contributed by atoms with Crippen LogP contribution >= 0.6 is 11.6 Å². The lowest BCUT2D eigenvalue weighted by atomic mass is 9.89. The van der Waals surface area contributed by atoms with Crippen LogP contribution in [0, 0.1) is 5.92 Å². The van der Waals surface area contributed by atoms with Gasteiger partial charge in [-0.3, -0.25) is 4.90 Å². The smallest absolute Gasteiger partial charge is 0.141 e. The number of aromatic nitrogens is 1. The van der Waals surface area contributed by atoms with Crippen LogP contribution in [0.2, 0.25) is 5.02 Å². The molecule has 4 heteroatoms. The third-order valence-corrected chi connectivity index (χ3v) is 6.36. The van der Waals surface area contributed by atoms with E-state index in [4.69, 9.17) is 16.3 Å². The SMILES string of the molecule is Clc1ccc(CN2CCC(C3Oc4ccccc4Cn4cccc43)CC2)cc1. The van der Waals surface area contributed by atoms with Crippen molar-refractivity contribution in [2.75, 3.05) is 13.1 Å². The van der Waals surface area contributed by atoms with Crippen molar-refractivity contribution in [2.45, 2.75) is 32.0 Å². The Morgan fingerprint density at radius 1 is 0.929 bits per heavy atom. The molecule has 1 fully saturated rings. The van der Waals surface area contributed by atoms with Gasteiger partial charge in [-0.15, -0.1) is 0 Å². The summed E-state index contributed by atoms with van der Waals surface area (Å²) in [5, 5.41) is 0.802. The fraction of sp³-hybridized carbons (Fsp3) is 0.333.